The number of hydrogen-bond acceptors (Lipinski definition) is 6. The Kier molecular flexibility index (Phi) is 5.12. The molecule has 0 spiro atoms. The third kappa shape index (κ3) is 3.70. The predicted molar refractivity (Wildman–Crippen MR) is 111 cm³/mol. The number of carbonyl (C=O) groups excluding carboxylic acids is 2. The molecule has 3 heterocycles. The number of nitrogens with one attached hydrogen (secondary N) is 1. The van der Waals surface area contributed by atoms with Gasteiger partial charge >= 0.3 is 6.09 Å². The number of ketones is 1. The van der Waals surface area contributed by atoms with E-state index in [-0.39, 0.29) is 29.1 Å². The summed E-state index contributed by atoms with van der Waals surface area (Å²) in [6.45, 7) is 2.27. The molecule has 1 atom stereocenters. The van der Waals surface area contributed by atoms with Gasteiger partial charge in [0.15, 0.2) is 11.5 Å². The summed E-state index contributed by atoms with van der Waals surface area (Å²) in [4.78, 5) is 42.5. The monoisotopic (exact) mass is 421 g/mol. The smallest absolute Gasteiger partial charge is 0.409 e. The van der Waals surface area contributed by atoms with E-state index < -0.39 is 6.09 Å². The first-order chi connectivity index (χ1) is 14.9. The summed E-state index contributed by atoms with van der Waals surface area (Å²) in [6.07, 6.45) is 1.50. The number of fused-ring (bicyclic) bond motifs is 1. The quantitative estimate of drug-likeness (QED) is 0.606. The van der Waals surface area contributed by atoms with Crippen LogP contribution in [0.5, 0.6) is 5.88 Å². The Balaban J connectivity index is 1.60. The SMILES string of the molecule is COc1ccc(C(=O)c2ccc(N3C(=O)c4c(NC(=O)O)cnn4C[C@@H]3C)cc2)cn1. The number of benzene rings is 1. The number of pyridine rings is 1. The fraction of sp³-hybridized carbons (Fsp3) is 0.190. The van der Waals surface area contributed by atoms with Crippen molar-refractivity contribution in [1.29, 1.82) is 0 Å². The molecule has 4 rings (SSSR count). The Morgan fingerprint density at radius 2 is 1.84 bits per heavy atom. The number of nitrogens with zero attached hydrogens (tertiary/aromatic N) is 4. The third-order valence-corrected chi connectivity index (χ3v) is 5.00. The van der Waals surface area contributed by atoms with Crippen LogP contribution in [0.3, 0.4) is 0 Å². The van der Waals surface area contributed by atoms with Gasteiger partial charge in [0.1, 0.15) is 0 Å². The van der Waals surface area contributed by atoms with Crippen LogP contribution >= 0.6 is 0 Å². The summed E-state index contributed by atoms with van der Waals surface area (Å²) in [6, 6.07) is 9.70. The molecule has 10 nitrogen and oxygen atoms in total. The number of amides is 2. The third-order valence-electron chi connectivity index (χ3n) is 5.00. The minimum atomic E-state index is -1.27. The Morgan fingerprint density at radius 3 is 2.45 bits per heavy atom. The minimum absolute atomic E-state index is 0.133. The van der Waals surface area contributed by atoms with Crippen LogP contribution in [0.1, 0.15) is 33.3 Å². The summed E-state index contributed by atoms with van der Waals surface area (Å²) in [7, 11) is 1.50. The number of anilines is 2. The van der Waals surface area contributed by atoms with Crippen LogP contribution in [-0.4, -0.2) is 50.8 Å². The molecule has 2 aromatic heterocycles. The van der Waals surface area contributed by atoms with Gasteiger partial charge in [-0.2, -0.15) is 5.10 Å². The second-order valence-electron chi connectivity index (χ2n) is 7.01. The van der Waals surface area contributed by atoms with Crippen molar-refractivity contribution in [3.63, 3.8) is 0 Å². The van der Waals surface area contributed by atoms with E-state index in [0.29, 0.717) is 29.2 Å². The first-order valence-electron chi connectivity index (χ1n) is 9.43. The number of aromatic nitrogens is 3. The van der Waals surface area contributed by atoms with Crippen molar-refractivity contribution in [1.82, 2.24) is 14.8 Å². The molecule has 0 saturated carbocycles. The van der Waals surface area contributed by atoms with E-state index in [2.05, 4.69) is 15.4 Å². The van der Waals surface area contributed by atoms with E-state index in [1.54, 1.807) is 41.3 Å². The lowest BCUT2D eigenvalue weighted by Crippen LogP contribution is -2.47. The zero-order valence-corrected chi connectivity index (χ0v) is 16.8. The van der Waals surface area contributed by atoms with Gasteiger partial charge < -0.3 is 14.7 Å². The molecule has 1 aliphatic heterocycles. The average molecular weight is 421 g/mol. The first kappa shape index (κ1) is 20.1. The Hall–Kier alpha value is -4.21. The Morgan fingerprint density at radius 1 is 1.13 bits per heavy atom. The van der Waals surface area contributed by atoms with Gasteiger partial charge in [-0.1, -0.05) is 0 Å². The second kappa shape index (κ2) is 7.90. The summed E-state index contributed by atoms with van der Waals surface area (Å²) in [5.41, 5.74) is 1.77. The minimum Gasteiger partial charge on any atom is -0.481 e. The van der Waals surface area contributed by atoms with Gasteiger partial charge in [0, 0.05) is 29.1 Å². The largest absolute Gasteiger partial charge is 0.481 e. The maximum absolute atomic E-state index is 13.1. The van der Waals surface area contributed by atoms with Crippen LogP contribution < -0.4 is 15.0 Å². The van der Waals surface area contributed by atoms with E-state index in [0.717, 1.165) is 0 Å². The molecule has 0 bridgehead atoms. The van der Waals surface area contributed by atoms with Crippen LogP contribution in [0.15, 0.2) is 48.8 Å². The van der Waals surface area contributed by atoms with E-state index >= 15 is 0 Å². The molecule has 0 aliphatic carbocycles. The van der Waals surface area contributed by atoms with Crippen LogP contribution in [0.2, 0.25) is 0 Å². The van der Waals surface area contributed by atoms with Crippen molar-refractivity contribution >= 4 is 29.2 Å². The van der Waals surface area contributed by atoms with Crippen molar-refractivity contribution < 1.29 is 24.2 Å². The molecule has 3 aromatic rings. The van der Waals surface area contributed by atoms with Gasteiger partial charge in [-0.25, -0.2) is 9.78 Å². The highest BCUT2D eigenvalue weighted by Gasteiger charge is 2.34. The molecule has 10 heteroatoms. The number of methoxy groups -OCH3 is 1. The molecule has 31 heavy (non-hydrogen) atoms. The number of ether oxygens (including phenoxy) is 1. The second-order valence-corrected chi connectivity index (χ2v) is 7.01. The van der Waals surface area contributed by atoms with Crippen molar-refractivity contribution in [2.75, 3.05) is 17.3 Å². The lowest BCUT2D eigenvalue weighted by Gasteiger charge is -2.34. The number of carbonyl (C=O) groups is 3. The fourth-order valence-electron chi connectivity index (χ4n) is 3.55. The van der Waals surface area contributed by atoms with Crippen LogP contribution in [0.25, 0.3) is 0 Å². The van der Waals surface area contributed by atoms with Crippen molar-refractivity contribution in [3.8, 4) is 5.88 Å². The molecule has 2 N–H and O–H groups in total. The topological polar surface area (TPSA) is 127 Å². The highest BCUT2D eigenvalue weighted by atomic mass is 16.5. The molecule has 1 aromatic carbocycles. The summed E-state index contributed by atoms with van der Waals surface area (Å²) < 4.78 is 6.49. The zero-order chi connectivity index (χ0) is 22.1. The molecule has 0 fully saturated rings. The summed E-state index contributed by atoms with van der Waals surface area (Å²) in [5, 5.41) is 15.3. The van der Waals surface area contributed by atoms with Gasteiger partial charge in [-0.05, 0) is 37.3 Å². The van der Waals surface area contributed by atoms with Gasteiger partial charge in [0.25, 0.3) is 5.91 Å². The van der Waals surface area contributed by atoms with Crippen molar-refractivity contribution in [2.24, 2.45) is 0 Å². The van der Waals surface area contributed by atoms with Gasteiger partial charge in [0.05, 0.1) is 31.6 Å². The van der Waals surface area contributed by atoms with Gasteiger partial charge in [-0.3, -0.25) is 19.6 Å². The van der Waals surface area contributed by atoms with Gasteiger partial charge in [0.2, 0.25) is 5.88 Å². The molecule has 1 aliphatic rings. The maximum atomic E-state index is 13.1. The normalized spacial score (nSPS) is 15.4. The summed E-state index contributed by atoms with van der Waals surface area (Å²) in [5.74, 6) is -0.162. The highest BCUT2D eigenvalue weighted by Crippen LogP contribution is 2.29. The molecule has 0 unspecified atom stereocenters. The molecule has 0 radical (unpaired) electrons. The molecule has 2 amide bonds. The molecule has 0 saturated heterocycles. The van der Waals surface area contributed by atoms with Crippen LogP contribution in [-0.2, 0) is 6.54 Å². The van der Waals surface area contributed by atoms with E-state index in [4.69, 9.17) is 9.84 Å². The predicted octanol–water partition coefficient (Wildman–Crippen LogP) is 2.66. The summed E-state index contributed by atoms with van der Waals surface area (Å²) >= 11 is 0. The van der Waals surface area contributed by atoms with Crippen LogP contribution in [0, 0.1) is 0 Å². The van der Waals surface area contributed by atoms with E-state index in [1.807, 2.05) is 6.92 Å². The van der Waals surface area contributed by atoms with E-state index in [9.17, 15) is 14.4 Å². The number of hydrogen-bond donors (Lipinski definition) is 2. The first-order valence-corrected chi connectivity index (χ1v) is 9.43. The lowest BCUT2D eigenvalue weighted by molar-refractivity contribution is 0.0947. The average Bonchev–Trinajstić information content (AvgIpc) is 3.15. The van der Waals surface area contributed by atoms with Crippen LogP contribution in [0.4, 0.5) is 16.2 Å². The molecule has 158 valence electrons. The lowest BCUT2D eigenvalue weighted by atomic mass is 10.0. The highest BCUT2D eigenvalue weighted by molar-refractivity contribution is 6.11. The standard InChI is InChI=1S/C21H19N5O5/c1-12-11-25-18(16(10-23-25)24-21(29)30)20(28)26(12)15-6-3-13(4-7-15)19(27)14-5-8-17(31-2)22-9-14/h3-10,12,24H,11H2,1-2H3,(H,29,30)/t12-/m0/s1. The molecular formula is C21H19N5O5. The Bertz CT molecular complexity index is 1150. The zero-order valence-electron chi connectivity index (χ0n) is 16.8. The van der Waals surface area contributed by atoms with Gasteiger partial charge in [-0.15, -0.1) is 0 Å². The number of carboxylic acid groups (broad SMARTS) is 1. The number of rotatable bonds is 5. The maximum Gasteiger partial charge on any atom is 0.409 e. The fourth-order valence-corrected chi connectivity index (χ4v) is 3.55. The Labute approximate surface area is 177 Å². The van der Waals surface area contributed by atoms with E-state index in [1.165, 1.54) is 24.2 Å². The van der Waals surface area contributed by atoms with Crippen molar-refractivity contribution in [3.05, 3.63) is 65.6 Å². The molecular weight excluding hydrogens is 402 g/mol. The van der Waals surface area contributed by atoms with Crippen molar-refractivity contribution in [2.45, 2.75) is 19.5 Å².